The number of benzene rings is 2. The number of hydrogen-bond donors (Lipinski definition) is 0. The van der Waals surface area contributed by atoms with Crippen molar-refractivity contribution in [3.8, 4) is 5.75 Å². The number of hydrogen-bond acceptors (Lipinski definition) is 5. The maximum Gasteiger partial charge on any atom is 0.294 e. The maximum atomic E-state index is 12.8. The number of halogens is 2. The van der Waals surface area contributed by atoms with Gasteiger partial charge in [-0.3, -0.25) is 19.3 Å². The van der Waals surface area contributed by atoms with Crippen molar-refractivity contribution in [3.63, 3.8) is 0 Å². The first-order valence-corrected chi connectivity index (χ1v) is 13.5. The maximum absolute atomic E-state index is 12.8. The number of nitrogens with zero attached hydrogens (tertiary/aromatic N) is 2. The van der Waals surface area contributed by atoms with Crippen LogP contribution in [-0.4, -0.2) is 46.5 Å². The summed E-state index contributed by atoms with van der Waals surface area (Å²) in [7, 11) is 0. The topological polar surface area (TPSA) is 66.9 Å². The minimum atomic E-state index is -0.426. The highest BCUT2D eigenvalue weighted by Crippen LogP contribution is 2.34. The second kappa shape index (κ2) is 11.6. The Labute approximate surface area is 220 Å². The van der Waals surface area contributed by atoms with E-state index in [1.54, 1.807) is 11.0 Å². The van der Waals surface area contributed by atoms with Crippen LogP contribution in [0.1, 0.15) is 36.8 Å². The molecule has 2 saturated heterocycles. The summed E-state index contributed by atoms with van der Waals surface area (Å²) < 4.78 is 7.65. The van der Waals surface area contributed by atoms with Crippen molar-refractivity contribution in [2.75, 3.05) is 19.6 Å². The lowest BCUT2D eigenvalue weighted by atomic mass is 10.2. The molecule has 2 aliphatic rings. The molecular weight excluding hydrogens is 584 g/mol. The van der Waals surface area contributed by atoms with Crippen LogP contribution in [0.5, 0.6) is 5.75 Å². The molecule has 0 N–H and O–H groups in total. The number of rotatable bonds is 6. The number of likely N-dealkylation sites (tertiary alicyclic amines) is 1. The van der Waals surface area contributed by atoms with Crippen LogP contribution in [0.2, 0.25) is 0 Å². The number of carbonyl (C=O) groups excluding carboxylic acids is 3. The zero-order valence-electron chi connectivity index (χ0n) is 18.5. The van der Waals surface area contributed by atoms with E-state index in [-0.39, 0.29) is 12.5 Å². The summed E-state index contributed by atoms with van der Waals surface area (Å²) in [4.78, 5) is 41.1. The normalized spacial score (nSPS) is 17.9. The van der Waals surface area contributed by atoms with Gasteiger partial charge in [-0.25, -0.2) is 0 Å². The van der Waals surface area contributed by atoms with E-state index >= 15 is 0 Å². The van der Waals surface area contributed by atoms with Gasteiger partial charge in [-0.05, 0) is 82.0 Å². The minimum absolute atomic E-state index is 0.166. The fraction of sp³-hybridized carbons (Fsp3) is 0.320. The van der Waals surface area contributed by atoms with Gasteiger partial charge in [0.05, 0.1) is 9.38 Å². The second-order valence-electron chi connectivity index (χ2n) is 8.17. The molecule has 0 aromatic heterocycles. The van der Waals surface area contributed by atoms with Crippen LogP contribution in [0.3, 0.4) is 0 Å². The Morgan fingerprint density at radius 1 is 1.00 bits per heavy atom. The molecule has 2 fully saturated rings. The highest BCUT2D eigenvalue weighted by molar-refractivity contribution is 9.10. The van der Waals surface area contributed by atoms with E-state index in [1.165, 1.54) is 0 Å². The van der Waals surface area contributed by atoms with Crippen LogP contribution in [0, 0.1) is 0 Å². The molecule has 2 aromatic carbocycles. The van der Waals surface area contributed by atoms with Gasteiger partial charge in [-0.2, -0.15) is 0 Å². The van der Waals surface area contributed by atoms with Crippen molar-refractivity contribution < 1.29 is 19.1 Å². The van der Waals surface area contributed by atoms with Crippen molar-refractivity contribution >= 4 is 66.8 Å². The number of carbonyl (C=O) groups is 3. The van der Waals surface area contributed by atoms with Crippen molar-refractivity contribution in [1.82, 2.24) is 9.80 Å². The fourth-order valence-corrected chi connectivity index (χ4v) is 5.42. The van der Waals surface area contributed by atoms with E-state index in [0.717, 1.165) is 62.4 Å². The first kappa shape index (κ1) is 25.0. The van der Waals surface area contributed by atoms with Crippen LogP contribution in [0.25, 0.3) is 6.08 Å². The third kappa shape index (κ3) is 6.31. The molecule has 0 atom stereocenters. The standard InChI is InChI=1S/C25H24Br2N2O4S/c26-19-8-5-17(6-9-19)16-33-21-10-7-18(13-20(21)27)14-22-24(31)29(25(32)34-22)15-23(30)28-11-3-1-2-4-12-28/h5-10,13-14H,1-4,11-12,15-16H2. The number of amides is 3. The molecule has 3 amide bonds. The Morgan fingerprint density at radius 3 is 2.38 bits per heavy atom. The van der Waals surface area contributed by atoms with E-state index in [4.69, 9.17) is 4.74 Å². The average Bonchev–Trinajstić information content (AvgIpc) is 3.01. The van der Waals surface area contributed by atoms with Crippen LogP contribution in [-0.2, 0) is 16.2 Å². The molecule has 6 nitrogen and oxygen atoms in total. The molecule has 0 aliphatic carbocycles. The molecule has 178 valence electrons. The van der Waals surface area contributed by atoms with E-state index in [1.807, 2.05) is 42.5 Å². The lowest BCUT2D eigenvalue weighted by molar-refractivity contribution is -0.135. The molecule has 34 heavy (non-hydrogen) atoms. The average molecular weight is 608 g/mol. The Balaban J connectivity index is 1.39. The van der Waals surface area contributed by atoms with Gasteiger partial charge in [0.1, 0.15) is 18.9 Å². The van der Waals surface area contributed by atoms with Gasteiger partial charge in [-0.15, -0.1) is 0 Å². The summed E-state index contributed by atoms with van der Waals surface area (Å²) in [5.74, 6) is 0.0848. The zero-order valence-corrected chi connectivity index (χ0v) is 22.5. The fourth-order valence-electron chi connectivity index (χ4n) is 3.81. The minimum Gasteiger partial charge on any atom is -0.488 e. The van der Waals surface area contributed by atoms with E-state index < -0.39 is 11.1 Å². The van der Waals surface area contributed by atoms with Crippen molar-refractivity contribution in [2.45, 2.75) is 32.3 Å². The third-order valence-electron chi connectivity index (χ3n) is 5.69. The summed E-state index contributed by atoms with van der Waals surface area (Å²) in [6.07, 6.45) is 5.82. The molecule has 2 aromatic rings. The Bertz CT molecular complexity index is 1110. The molecule has 0 unspecified atom stereocenters. The lowest BCUT2D eigenvalue weighted by Gasteiger charge is -2.22. The van der Waals surface area contributed by atoms with Crippen molar-refractivity contribution in [3.05, 3.63) is 67.4 Å². The van der Waals surface area contributed by atoms with Crippen molar-refractivity contribution in [2.24, 2.45) is 0 Å². The molecule has 0 saturated carbocycles. The number of thioether (sulfide) groups is 1. The predicted molar refractivity (Wildman–Crippen MR) is 140 cm³/mol. The van der Waals surface area contributed by atoms with Crippen LogP contribution in [0.4, 0.5) is 4.79 Å². The summed E-state index contributed by atoms with van der Waals surface area (Å²) in [5, 5.41) is -0.409. The van der Waals surface area contributed by atoms with Crippen LogP contribution >= 0.6 is 43.6 Å². The first-order valence-electron chi connectivity index (χ1n) is 11.1. The molecule has 4 rings (SSSR count). The van der Waals surface area contributed by atoms with Gasteiger partial charge in [-0.1, -0.05) is 47.0 Å². The Hall–Kier alpha value is -2.10. The highest BCUT2D eigenvalue weighted by atomic mass is 79.9. The first-order chi connectivity index (χ1) is 16.4. The van der Waals surface area contributed by atoms with Gasteiger partial charge < -0.3 is 9.64 Å². The summed E-state index contributed by atoms with van der Waals surface area (Å²) in [6, 6.07) is 13.4. The van der Waals surface area contributed by atoms with Gasteiger partial charge in [0, 0.05) is 17.6 Å². The SMILES string of the molecule is O=C(CN1C(=O)SC(=Cc2ccc(OCc3ccc(Br)cc3)c(Br)c2)C1=O)N1CCCCCC1. The van der Waals surface area contributed by atoms with Gasteiger partial charge in [0.15, 0.2) is 0 Å². The smallest absolute Gasteiger partial charge is 0.294 e. The third-order valence-corrected chi connectivity index (χ3v) is 7.74. The monoisotopic (exact) mass is 606 g/mol. The second-order valence-corrected chi connectivity index (χ2v) is 10.9. The molecule has 0 spiro atoms. The highest BCUT2D eigenvalue weighted by Gasteiger charge is 2.37. The largest absolute Gasteiger partial charge is 0.488 e. The summed E-state index contributed by atoms with van der Waals surface area (Å²) in [6.45, 7) is 1.61. The lowest BCUT2D eigenvalue weighted by Crippen LogP contribution is -2.42. The van der Waals surface area contributed by atoms with Gasteiger partial charge >= 0.3 is 0 Å². The molecule has 0 bridgehead atoms. The number of imide groups is 1. The predicted octanol–water partition coefficient (Wildman–Crippen LogP) is 6.23. The van der Waals surface area contributed by atoms with E-state index in [0.29, 0.717) is 30.4 Å². The molecule has 9 heteroatoms. The Morgan fingerprint density at radius 2 is 1.71 bits per heavy atom. The van der Waals surface area contributed by atoms with E-state index in [2.05, 4.69) is 31.9 Å². The van der Waals surface area contributed by atoms with Gasteiger partial charge in [0.25, 0.3) is 11.1 Å². The molecular formula is C25H24Br2N2O4S. The summed E-state index contributed by atoms with van der Waals surface area (Å²) >= 11 is 7.81. The molecule has 2 heterocycles. The summed E-state index contributed by atoms with van der Waals surface area (Å²) in [5.41, 5.74) is 1.80. The quantitative estimate of drug-likeness (QED) is 0.364. The van der Waals surface area contributed by atoms with Crippen LogP contribution in [0.15, 0.2) is 56.3 Å². The number of ether oxygens (including phenoxy) is 1. The zero-order chi connectivity index (χ0) is 24.1. The van der Waals surface area contributed by atoms with E-state index in [9.17, 15) is 14.4 Å². The molecule has 0 radical (unpaired) electrons. The molecule has 2 aliphatic heterocycles. The van der Waals surface area contributed by atoms with Crippen LogP contribution < -0.4 is 4.74 Å². The van der Waals surface area contributed by atoms with Gasteiger partial charge in [0.2, 0.25) is 5.91 Å². The van der Waals surface area contributed by atoms with Crippen molar-refractivity contribution in [1.29, 1.82) is 0 Å². The Kier molecular flexibility index (Phi) is 8.50.